The number of nitrogens with zero attached hydrogens (tertiary/aromatic N) is 1. The minimum absolute atomic E-state index is 0.0887. The van der Waals surface area contributed by atoms with Crippen molar-refractivity contribution in [1.29, 1.82) is 0 Å². The Morgan fingerprint density at radius 3 is 2.71 bits per heavy atom. The van der Waals surface area contributed by atoms with Gasteiger partial charge in [0.2, 0.25) is 6.21 Å². The number of hydrogen-bond acceptors (Lipinski definition) is 5. The number of rotatable bonds is 7. The lowest BCUT2D eigenvalue weighted by Gasteiger charge is -2.13. The van der Waals surface area contributed by atoms with Crippen molar-refractivity contribution < 1.29 is 24.7 Å². The van der Waals surface area contributed by atoms with Gasteiger partial charge in [0, 0.05) is 16.1 Å². The first-order valence-corrected chi connectivity index (χ1v) is 6.29. The molecule has 0 aliphatic rings. The number of carbonyl (C=O) groups is 1. The van der Waals surface area contributed by atoms with Gasteiger partial charge in [-0.05, 0) is 18.6 Å². The Labute approximate surface area is 122 Å². The lowest BCUT2D eigenvalue weighted by molar-refractivity contribution is -0.456. The van der Waals surface area contributed by atoms with Crippen LogP contribution in [0.25, 0.3) is 0 Å². The molecule has 0 radical (unpaired) electrons. The van der Waals surface area contributed by atoms with Crippen molar-refractivity contribution in [3.8, 4) is 5.75 Å². The van der Waals surface area contributed by atoms with E-state index in [0.717, 1.165) is 6.42 Å². The van der Waals surface area contributed by atoms with E-state index in [2.05, 4.69) is 10.2 Å². The molecule has 0 aromatic heterocycles. The summed E-state index contributed by atoms with van der Waals surface area (Å²) in [6.45, 7) is 2.29. The number of benzene rings is 1. The quantitative estimate of drug-likeness (QED) is 0.117. The van der Waals surface area contributed by atoms with Crippen molar-refractivity contribution in [2.75, 3.05) is 6.61 Å². The first-order chi connectivity index (χ1) is 9.99. The third-order valence-electron chi connectivity index (χ3n) is 2.45. The molecule has 112 valence electrons. The average Bonchev–Trinajstić information content (AvgIpc) is 2.44. The van der Waals surface area contributed by atoms with E-state index < -0.39 is 7.12 Å². The zero-order chi connectivity index (χ0) is 15.8. The third-order valence-corrected chi connectivity index (χ3v) is 2.45. The van der Waals surface area contributed by atoms with Gasteiger partial charge in [-0.3, -0.25) is 4.79 Å². The van der Waals surface area contributed by atoms with Crippen LogP contribution in [0.5, 0.6) is 5.75 Å². The van der Waals surface area contributed by atoms with E-state index >= 15 is 0 Å². The highest BCUT2D eigenvalue weighted by molar-refractivity contribution is 6.60. The van der Waals surface area contributed by atoms with Gasteiger partial charge in [-0.1, -0.05) is 6.92 Å². The molecule has 1 aromatic rings. The van der Waals surface area contributed by atoms with Crippen molar-refractivity contribution in [1.82, 2.24) is 0 Å². The Hall–Kier alpha value is -2.39. The summed E-state index contributed by atoms with van der Waals surface area (Å²) in [4.78, 5) is 10.9. The Morgan fingerprint density at radius 2 is 2.19 bits per heavy atom. The highest BCUT2D eigenvalue weighted by atomic mass is 16.5. The van der Waals surface area contributed by atoms with Crippen molar-refractivity contribution in [2.45, 2.75) is 13.3 Å². The highest BCUT2D eigenvalue weighted by Crippen LogP contribution is 2.16. The van der Waals surface area contributed by atoms with Crippen LogP contribution in [0.15, 0.2) is 17.2 Å². The maximum Gasteiger partial charge on any atom is 0.492 e. The number of aldehydes is 1. The second-order valence-corrected chi connectivity index (χ2v) is 4.18. The zero-order valence-electron chi connectivity index (χ0n) is 11.6. The molecule has 0 saturated heterocycles. The van der Waals surface area contributed by atoms with Crippen LogP contribution in [0.1, 0.15) is 29.3 Å². The molecule has 1 rings (SSSR count). The Kier molecular flexibility index (Phi) is 6.37. The Balaban J connectivity index is 3.34. The molecule has 0 heterocycles. The summed E-state index contributed by atoms with van der Waals surface area (Å²) in [6, 6.07) is 2.86. The minimum atomic E-state index is -1.77. The van der Waals surface area contributed by atoms with E-state index in [-0.39, 0.29) is 22.7 Å². The van der Waals surface area contributed by atoms with E-state index in [1.165, 1.54) is 18.3 Å². The Bertz CT molecular complexity index is 556. The fourth-order valence-corrected chi connectivity index (χ4v) is 1.61. The molecule has 0 aliphatic heterocycles. The molecule has 0 atom stereocenters. The van der Waals surface area contributed by atoms with Crippen LogP contribution in [-0.4, -0.2) is 42.2 Å². The first kappa shape index (κ1) is 16.7. The van der Waals surface area contributed by atoms with Gasteiger partial charge in [-0.2, -0.15) is 0 Å². The second-order valence-electron chi connectivity index (χ2n) is 4.18. The molecule has 9 heteroatoms. The molecule has 0 amide bonds. The van der Waals surface area contributed by atoms with E-state index in [1.54, 1.807) is 0 Å². The molecule has 0 unspecified atom stereocenters. The van der Waals surface area contributed by atoms with Crippen LogP contribution in [-0.2, 0) is 0 Å². The number of nitrogens with two attached hydrogens (primary N) is 2. The van der Waals surface area contributed by atoms with Gasteiger partial charge in [0.15, 0.2) is 0 Å². The van der Waals surface area contributed by atoms with Gasteiger partial charge < -0.3 is 26.3 Å². The van der Waals surface area contributed by atoms with Crippen LogP contribution in [0.4, 0.5) is 0 Å². The summed E-state index contributed by atoms with van der Waals surface area (Å²) in [7, 11) is -1.77. The first-order valence-electron chi connectivity index (χ1n) is 6.29. The van der Waals surface area contributed by atoms with E-state index in [9.17, 15) is 14.8 Å². The lowest BCUT2D eigenvalue weighted by atomic mass is 9.77. The predicted octanol–water partition coefficient (Wildman–Crippen LogP) is -3.34. The van der Waals surface area contributed by atoms with E-state index in [0.29, 0.717) is 18.5 Å². The minimum Gasteiger partial charge on any atom is -0.493 e. The number of nitrogens with one attached hydrogen (secondary N) is 1. The topological polar surface area (TPSA) is 145 Å². The van der Waals surface area contributed by atoms with E-state index in [1.807, 2.05) is 6.92 Å². The average molecular weight is 293 g/mol. The summed E-state index contributed by atoms with van der Waals surface area (Å²) in [5, 5.41) is 24.9. The molecule has 0 aliphatic carbocycles. The summed E-state index contributed by atoms with van der Waals surface area (Å²) >= 11 is 0. The third kappa shape index (κ3) is 4.90. The molecular weight excluding hydrogens is 275 g/mol. The standard InChI is InChI=1S/C12H17BN4O4/c1-2-3-21-11-9(6-16-17-12(14)15)4-8(7-18)5-10(11)13(19)20/h4-7,19-20H,2-3H2,1H3,(H4,14,15,17)/p+1. The maximum absolute atomic E-state index is 10.9. The van der Waals surface area contributed by atoms with Crippen LogP contribution in [0.3, 0.4) is 0 Å². The zero-order valence-corrected chi connectivity index (χ0v) is 11.6. The SMILES string of the molecule is CCCOc1c(C=[NH+]N=C(N)N)cc(C=O)cc1B(O)O. The van der Waals surface area contributed by atoms with Gasteiger partial charge >= 0.3 is 7.12 Å². The summed E-state index contributed by atoms with van der Waals surface area (Å²) in [5.41, 5.74) is 11.1. The maximum atomic E-state index is 10.9. The van der Waals surface area contributed by atoms with Crippen LogP contribution in [0.2, 0.25) is 0 Å². The van der Waals surface area contributed by atoms with Gasteiger partial charge in [-0.25, -0.2) is 0 Å². The fraction of sp³-hybridized carbons (Fsp3) is 0.250. The second kappa shape index (κ2) is 8.03. The van der Waals surface area contributed by atoms with Crippen LogP contribution >= 0.6 is 0 Å². The van der Waals surface area contributed by atoms with Crippen molar-refractivity contribution >= 4 is 31.0 Å². The summed E-state index contributed by atoms with van der Waals surface area (Å²) < 4.78 is 5.52. The normalized spacial score (nSPS) is 10.4. The van der Waals surface area contributed by atoms with E-state index in [4.69, 9.17) is 16.2 Å². The molecule has 21 heavy (non-hydrogen) atoms. The molecule has 7 N–H and O–H groups in total. The number of hydrazone groups is 1. The van der Waals surface area contributed by atoms with Gasteiger partial charge in [0.05, 0.1) is 12.2 Å². The molecule has 0 bridgehead atoms. The van der Waals surface area contributed by atoms with Crippen molar-refractivity contribution in [2.24, 2.45) is 16.6 Å². The summed E-state index contributed by atoms with van der Waals surface area (Å²) in [6.07, 6.45) is 2.72. The molecular formula is C12H18BN4O4+. The number of carbonyl (C=O) groups excluding carboxylic acids is 1. The molecule has 1 aromatic carbocycles. The molecule has 0 saturated carbocycles. The van der Waals surface area contributed by atoms with Crippen LogP contribution in [0, 0.1) is 0 Å². The summed E-state index contributed by atoms with van der Waals surface area (Å²) in [5.74, 6) is 0.0759. The van der Waals surface area contributed by atoms with Gasteiger partial charge in [0.1, 0.15) is 12.0 Å². The van der Waals surface area contributed by atoms with Gasteiger partial charge in [-0.15, -0.1) is 5.10 Å². The fourth-order valence-electron chi connectivity index (χ4n) is 1.61. The molecule has 0 fully saturated rings. The number of ether oxygens (including phenoxy) is 1. The lowest BCUT2D eigenvalue weighted by Crippen LogP contribution is -2.64. The largest absolute Gasteiger partial charge is 0.493 e. The molecule has 8 nitrogen and oxygen atoms in total. The Morgan fingerprint density at radius 1 is 1.48 bits per heavy atom. The van der Waals surface area contributed by atoms with Crippen molar-refractivity contribution in [3.63, 3.8) is 0 Å². The predicted molar refractivity (Wildman–Crippen MR) is 79.4 cm³/mol. The smallest absolute Gasteiger partial charge is 0.492 e. The monoisotopic (exact) mass is 293 g/mol. The van der Waals surface area contributed by atoms with Crippen LogP contribution < -0.4 is 26.8 Å². The number of hydrogen-bond donors (Lipinski definition) is 5. The highest BCUT2D eigenvalue weighted by Gasteiger charge is 2.22. The van der Waals surface area contributed by atoms with Gasteiger partial charge in [0.25, 0.3) is 5.96 Å². The molecule has 0 spiro atoms. The van der Waals surface area contributed by atoms with Crippen molar-refractivity contribution in [3.05, 3.63) is 23.3 Å². The number of guanidine groups is 1.